The molecule has 10 heteroatoms. The van der Waals surface area contributed by atoms with Crippen LogP contribution in [0.4, 0.5) is 0 Å². The van der Waals surface area contributed by atoms with E-state index in [9.17, 15) is 24.6 Å². The minimum absolute atomic E-state index is 0.155. The third kappa shape index (κ3) is 6.24. The summed E-state index contributed by atoms with van der Waals surface area (Å²) in [6, 6.07) is 23.9. The summed E-state index contributed by atoms with van der Waals surface area (Å²) >= 11 is 0. The molecule has 4 rings (SSSR count). The number of carbonyl (C=O) groups is 3. The molecule has 0 amide bonds. The largest absolute Gasteiger partial charge is 0.452 e. The van der Waals surface area contributed by atoms with E-state index in [1.54, 1.807) is 54.6 Å². The SMILES string of the molecule is CO[C@H]1O[C@H](C(O)OC(=O)c2ccccc2)[C@@H](O)[C@H](OC(=O)c2ccccc2)[C@@H]1OC(=O)c1ccccc1. The maximum absolute atomic E-state index is 12.9. The van der Waals surface area contributed by atoms with Crippen molar-refractivity contribution >= 4 is 17.9 Å². The topological polar surface area (TPSA) is 138 Å². The fourth-order valence-corrected chi connectivity index (χ4v) is 3.88. The summed E-state index contributed by atoms with van der Waals surface area (Å²) in [6.07, 6.45) is -9.81. The summed E-state index contributed by atoms with van der Waals surface area (Å²) in [4.78, 5) is 38.2. The quantitative estimate of drug-likeness (QED) is 0.258. The number of benzene rings is 3. The van der Waals surface area contributed by atoms with Gasteiger partial charge in [-0.1, -0.05) is 54.6 Å². The number of methoxy groups -OCH3 is 1. The maximum atomic E-state index is 12.9. The molecule has 1 unspecified atom stereocenters. The molecule has 0 aliphatic carbocycles. The molecule has 0 bridgehead atoms. The lowest BCUT2D eigenvalue weighted by Crippen LogP contribution is -2.63. The Morgan fingerprint density at radius 1 is 0.711 bits per heavy atom. The van der Waals surface area contributed by atoms with E-state index in [2.05, 4.69) is 0 Å². The predicted molar refractivity (Wildman–Crippen MR) is 131 cm³/mol. The summed E-state index contributed by atoms with van der Waals surface area (Å²) in [5.74, 6) is -2.50. The van der Waals surface area contributed by atoms with Crippen LogP contribution in [0.25, 0.3) is 0 Å². The van der Waals surface area contributed by atoms with Crippen LogP contribution in [0.3, 0.4) is 0 Å². The van der Waals surface area contributed by atoms with Crippen molar-refractivity contribution in [3.05, 3.63) is 108 Å². The Morgan fingerprint density at radius 2 is 1.13 bits per heavy atom. The molecule has 10 nitrogen and oxygen atoms in total. The average Bonchev–Trinajstić information content (AvgIpc) is 2.96. The number of carbonyl (C=O) groups excluding carboxylic acids is 3. The van der Waals surface area contributed by atoms with Gasteiger partial charge in [0.2, 0.25) is 6.29 Å². The van der Waals surface area contributed by atoms with Gasteiger partial charge in [0, 0.05) is 7.11 Å². The highest BCUT2D eigenvalue weighted by Gasteiger charge is 2.53. The van der Waals surface area contributed by atoms with Crippen molar-refractivity contribution in [1.82, 2.24) is 0 Å². The molecule has 38 heavy (non-hydrogen) atoms. The van der Waals surface area contributed by atoms with Crippen molar-refractivity contribution in [3.8, 4) is 0 Å². The molecular formula is C28H26O10. The van der Waals surface area contributed by atoms with Crippen LogP contribution < -0.4 is 0 Å². The smallest absolute Gasteiger partial charge is 0.340 e. The van der Waals surface area contributed by atoms with Crippen molar-refractivity contribution in [2.24, 2.45) is 0 Å². The summed E-state index contributed by atoms with van der Waals surface area (Å²) in [5, 5.41) is 21.8. The maximum Gasteiger partial charge on any atom is 0.340 e. The normalized spacial score (nSPS) is 23.6. The molecule has 1 aliphatic heterocycles. The first-order valence-corrected chi connectivity index (χ1v) is 11.7. The zero-order valence-corrected chi connectivity index (χ0v) is 20.3. The zero-order valence-electron chi connectivity index (χ0n) is 20.3. The average molecular weight is 523 g/mol. The lowest BCUT2D eigenvalue weighted by molar-refractivity contribution is -0.320. The minimum Gasteiger partial charge on any atom is -0.452 e. The molecule has 198 valence electrons. The van der Waals surface area contributed by atoms with Crippen LogP contribution in [0.15, 0.2) is 91.0 Å². The van der Waals surface area contributed by atoms with Crippen molar-refractivity contribution in [2.45, 2.75) is 37.0 Å². The lowest BCUT2D eigenvalue weighted by Gasteiger charge is -2.43. The Kier molecular flexibility index (Phi) is 8.82. The van der Waals surface area contributed by atoms with E-state index in [0.717, 1.165) is 0 Å². The molecule has 3 aromatic carbocycles. The van der Waals surface area contributed by atoms with E-state index in [1.807, 2.05) is 0 Å². The summed E-state index contributed by atoms with van der Waals surface area (Å²) in [7, 11) is 1.24. The third-order valence-corrected chi connectivity index (χ3v) is 5.81. The van der Waals surface area contributed by atoms with Gasteiger partial charge in [-0.15, -0.1) is 0 Å². The van der Waals surface area contributed by atoms with Crippen molar-refractivity contribution in [1.29, 1.82) is 0 Å². The summed E-state index contributed by atoms with van der Waals surface area (Å²) in [5.41, 5.74) is 0.520. The Bertz CT molecular complexity index is 1220. The number of esters is 3. The monoisotopic (exact) mass is 522 g/mol. The Morgan fingerprint density at radius 3 is 1.58 bits per heavy atom. The van der Waals surface area contributed by atoms with Gasteiger partial charge in [-0.25, -0.2) is 14.4 Å². The molecule has 1 aliphatic rings. The molecule has 3 aromatic rings. The molecule has 0 spiro atoms. The van der Waals surface area contributed by atoms with Crippen LogP contribution >= 0.6 is 0 Å². The highest BCUT2D eigenvalue weighted by atomic mass is 16.7. The fraction of sp³-hybridized carbons (Fsp3) is 0.250. The molecule has 6 atom stereocenters. The van der Waals surface area contributed by atoms with Gasteiger partial charge in [0.15, 0.2) is 24.6 Å². The second-order valence-corrected chi connectivity index (χ2v) is 8.33. The first-order chi connectivity index (χ1) is 18.4. The molecule has 0 aromatic heterocycles. The van der Waals surface area contributed by atoms with Crippen LogP contribution in [-0.2, 0) is 23.7 Å². The van der Waals surface area contributed by atoms with E-state index >= 15 is 0 Å². The van der Waals surface area contributed by atoms with Crippen LogP contribution in [0.2, 0.25) is 0 Å². The van der Waals surface area contributed by atoms with Crippen LogP contribution in [0.1, 0.15) is 31.1 Å². The van der Waals surface area contributed by atoms with Gasteiger partial charge in [0.25, 0.3) is 0 Å². The molecule has 2 N–H and O–H groups in total. The second kappa shape index (κ2) is 12.4. The Labute approximate surface area is 218 Å². The van der Waals surface area contributed by atoms with Crippen LogP contribution in [0.5, 0.6) is 0 Å². The Balaban J connectivity index is 1.59. The zero-order chi connectivity index (χ0) is 27.1. The standard InChI is InChI=1S/C28H26O10/c1-34-28-23(36-25(31)18-13-7-3-8-14-18)21(35-24(30)17-11-5-2-6-12-17)20(29)22(37-28)27(33)38-26(32)19-15-9-4-10-16-19/h2-16,20-23,27-29,33H,1H3/t20-,21-,22-,23-,27?,28-/m0/s1. The predicted octanol–water partition coefficient (Wildman–Crippen LogP) is 2.35. The van der Waals surface area contributed by atoms with E-state index in [4.69, 9.17) is 23.7 Å². The molecule has 0 saturated carbocycles. The van der Waals surface area contributed by atoms with Crippen molar-refractivity contribution < 1.29 is 48.3 Å². The van der Waals surface area contributed by atoms with Crippen molar-refractivity contribution in [3.63, 3.8) is 0 Å². The Hall–Kier alpha value is -4.09. The van der Waals surface area contributed by atoms with E-state index in [0.29, 0.717) is 0 Å². The van der Waals surface area contributed by atoms with Gasteiger partial charge >= 0.3 is 17.9 Å². The van der Waals surface area contributed by atoms with Gasteiger partial charge in [-0.2, -0.15) is 0 Å². The first-order valence-electron chi connectivity index (χ1n) is 11.7. The third-order valence-electron chi connectivity index (χ3n) is 5.81. The summed E-state index contributed by atoms with van der Waals surface area (Å²) in [6.45, 7) is 0. The lowest BCUT2D eigenvalue weighted by atomic mass is 9.97. The number of hydrogen-bond donors (Lipinski definition) is 2. The van der Waals surface area contributed by atoms with Crippen LogP contribution in [0, 0.1) is 0 Å². The first kappa shape index (κ1) is 27.0. The summed E-state index contributed by atoms with van der Waals surface area (Å²) < 4.78 is 27.2. The number of hydrogen-bond acceptors (Lipinski definition) is 10. The second-order valence-electron chi connectivity index (χ2n) is 8.33. The molecule has 1 saturated heterocycles. The van der Waals surface area contributed by atoms with Crippen LogP contribution in [-0.4, -0.2) is 72.2 Å². The van der Waals surface area contributed by atoms with Gasteiger partial charge in [-0.05, 0) is 36.4 Å². The number of aliphatic hydroxyl groups excluding tert-OH is 2. The number of rotatable bonds is 8. The van der Waals surface area contributed by atoms with E-state index < -0.39 is 54.9 Å². The fourth-order valence-electron chi connectivity index (χ4n) is 3.88. The van der Waals surface area contributed by atoms with E-state index in [-0.39, 0.29) is 16.7 Å². The number of ether oxygens (including phenoxy) is 5. The molecule has 1 heterocycles. The highest BCUT2D eigenvalue weighted by molar-refractivity contribution is 5.90. The van der Waals surface area contributed by atoms with E-state index in [1.165, 1.54) is 43.5 Å². The highest BCUT2D eigenvalue weighted by Crippen LogP contribution is 2.30. The van der Waals surface area contributed by atoms with Crippen molar-refractivity contribution in [2.75, 3.05) is 7.11 Å². The minimum atomic E-state index is -1.99. The van der Waals surface area contributed by atoms with Gasteiger partial charge in [0.05, 0.1) is 16.7 Å². The van der Waals surface area contributed by atoms with Gasteiger partial charge < -0.3 is 33.9 Å². The molecule has 0 radical (unpaired) electrons. The van der Waals surface area contributed by atoms with Gasteiger partial charge in [-0.3, -0.25) is 0 Å². The number of aliphatic hydroxyl groups is 2. The molecular weight excluding hydrogens is 496 g/mol. The van der Waals surface area contributed by atoms with Gasteiger partial charge in [0.1, 0.15) is 6.10 Å². The molecule has 1 fully saturated rings.